The van der Waals surface area contributed by atoms with Crippen LogP contribution in [0.15, 0.2) is 17.5 Å². The predicted molar refractivity (Wildman–Crippen MR) is 83.9 cm³/mol. The number of rotatable bonds is 6. The molecular formula is C16H22O6S. The standard InChI is InChI=1S/C16H22O6S/c1-10-6-4-8-12(21-10)22-14(11-7-5-9-23-11)13(15(17)19-2)16(18)20-3/h5,7,9-10,12-14H,4,6,8H2,1-3H3/t10-,12?,14+/m0/s1. The number of esters is 2. The van der Waals surface area contributed by atoms with Gasteiger partial charge >= 0.3 is 11.9 Å². The highest BCUT2D eigenvalue weighted by Crippen LogP contribution is 2.35. The predicted octanol–water partition coefficient (Wildman–Crippen LogP) is 2.68. The first-order chi connectivity index (χ1) is 11.1. The quantitative estimate of drug-likeness (QED) is 0.585. The average molecular weight is 342 g/mol. The molecule has 1 aromatic heterocycles. The molecule has 1 aliphatic heterocycles. The van der Waals surface area contributed by atoms with E-state index in [0.717, 1.165) is 24.1 Å². The van der Waals surface area contributed by atoms with Crippen LogP contribution in [0.5, 0.6) is 0 Å². The minimum atomic E-state index is -1.18. The van der Waals surface area contributed by atoms with Crippen LogP contribution in [0.2, 0.25) is 0 Å². The highest BCUT2D eigenvalue weighted by molar-refractivity contribution is 7.10. The van der Waals surface area contributed by atoms with Crippen molar-refractivity contribution in [3.63, 3.8) is 0 Å². The van der Waals surface area contributed by atoms with E-state index in [0.29, 0.717) is 0 Å². The minimum Gasteiger partial charge on any atom is -0.468 e. The van der Waals surface area contributed by atoms with Gasteiger partial charge in [-0.3, -0.25) is 9.59 Å². The van der Waals surface area contributed by atoms with E-state index >= 15 is 0 Å². The summed E-state index contributed by atoms with van der Waals surface area (Å²) in [7, 11) is 2.48. The van der Waals surface area contributed by atoms with Crippen LogP contribution in [0.25, 0.3) is 0 Å². The first kappa shape index (κ1) is 17.9. The summed E-state index contributed by atoms with van der Waals surface area (Å²) in [5, 5.41) is 1.86. The average Bonchev–Trinajstić information content (AvgIpc) is 3.08. The fourth-order valence-electron chi connectivity index (χ4n) is 2.59. The van der Waals surface area contributed by atoms with Gasteiger partial charge in [0.05, 0.1) is 20.3 Å². The van der Waals surface area contributed by atoms with Gasteiger partial charge in [-0.2, -0.15) is 0 Å². The molecule has 0 amide bonds. The molecule has 0 bridgehead atoms. The van der Waals surface area contributed by atoms with E-state index in [4.69, 9.17) is 18.9 Å². The van der Waals surface area contributed by atoms with Crippen LogP contribution in [0.4, 0.5) is 0 Å². The highest BCUT2D eigenvalue weighted by Gasteiger charge is 2.41. The summed E-state index contributed by atoms with van der Waals surface area (Å²) in [5.74, 6) is -2.54. The highest BCUT2D eigenvalue weighted by atomic mass is 32.1. The molecule has 1 fully saturated rings. The van der Waals surface area contributed by atoms with Gasteiger partial charge in [0.25, 0.3) is 0 Å². The van der Waals surface area contributed by atoms with Crippen LogP contribution in [0.3, 0.4) is 0 Å². The Kier molecular flexibility index (Phi) is 6.56. The van der Waals surface area contributed by atoms with Crippen LogP contribution in [-0.2, 0) is 28.5 Å². The first-order valence-electron chi connectivity index (χ1n) is 7.56. The van der Waals surface area contributed by atoms with Gasteiger partial charge in [0.15, 0.2) is 12.2 Å². The molecule has 7 heteroatoms. The molecule has 0 N–H and O–H groups in total. The summed E-state index contributed by atoms with van der Waals surface area (Å²) < 4.78 is 21.3. The van der Waals surface area contributed by atoms with Gasteiger partial charge in [-0.15, -0.1) is 11.3 Å². The van der Waals surface area contributed by atoms with E-state index < -0.39 is 30.3 Å². The minimum absolute atomic E-state index is 0.0902. The summed E-state index contributed by atoms with van der Waals surface area (Å²) >= 11 is 1.41. The van der Waals surface area contributed by atoms with Crippen molar-refractivity contribution in [3.05, 3.63) is 22.4 Å². The third kappa shape index (κ3) is 4.53. The topological polar surface area (TPSA) is 71.1 Å². The maximum Gasteiger partial charge on any atom is 0.323 e. The van der Waals surface area contributed by atoms with Gasteiger partial charge in [-0.25, -0.2) is 0 Å². The fourth-order valence-corrected chi connectivity index (χ4v) is 3.39. The Labute approximate surface area is 139 Å². The Morgan fingerprint density at radius 3 is 2.48 bits per heavy atom. The molecule has 0 aromatic carbocycles. The number of carbonyl (C=O) groups excluding carboxylic acids is 2. The van der Waals surface area contributed by atoms with E-state index in [1.807, 2.05) is 24.4 Å². The molecule has 0 saturated carbocycles. The maximum absolute atomic E-state index is 12.1. The summed E-state index contributed by atoms with van der Waals surface area (Å²) in [6.45, 7) is 1.98. The zero-order valence-electron chi connectivity index (χ0n) is 13.5. The SMILES string of the molecule is COC(=O)C(C(=O)OC)[C@H](OC1CCC[C@H](C)O1)c1cccs1. The molecule has 2 rings (SSSR count). The largest absolute Gasteiger partial charge is 0.468 e. The van der Waals surface area contributed by atoms with Crippen LogP contribution in [0.1, 0.15) is 37.2 Å². The Morgan fingerprint density at radius 2 is 1.96 bits per heavy atom. The van der Waals surface area contributed by atoms with E-state index in [9.17, 15) is 9.59 Å². The lowest BCUT2D eigenvalue weighted by molar-refractivity contribution is -0.224. The number of ether oxygens (including phenoxy) is 4. The zero-order valence-corrected chi connectivity index (χ0v) is 14.3. The van der Waals surface area contributed by atoms with E-state index in [-0.39, 0.29) is 6.10 Å². The van der Waals surface area contributed by atoms with Crippen molar-refractivity contribution in [3.8, 4) is 0 Å². The summed E-state index contributed by atoms with van der Waals surface area (Å²) in [6.07, 6.45) is 1.52. The number of thiophene rings is 1. The molecule has 2 heterocycles. The smallest absolute Gasteiger partial charge is 0.323 e. The zero-order chi connectivity index (χ0) is 16.8. The van der Waals surface area contributed by atoms with Crippen molar-refractivity contribution in [2.45, 2.75) is 44.7 Å². The molecule has 128 valence electrons. The van der Waals surface area contributed by atoms with Gasteiger partial charge in [0.2, 0.25) is 0 Å². The Hall–Kier alpha value is -1.44. The molecule has 0 spiro atoms. The Bertz CT molecular complexity index is 499. The molecule has 1 aromatic rings. The van der Waals surface area contributed by atoms with Crippen LogP contribution < -0.4 is 0 Å². The lowest BCUT2D eigenvalue weighted by Crippen LogP contribution is -2.37. The van der Waals surface area contributed by atoms with Crippen molar-refractivity contribution in [1.29, 1.82) is 0 Å². The molecule has 1 saturated heterocycles. The summed E-state index contributed by atoms with van der Waals surface area (Å²) in [4.78, 5) is 25.0. The summed E-state index contributed by atoms with van der Waals surface area (Å²) in [5.41, 5.74) is 0. The third-order valence-electron chi connectivity index (χ3n) is 3.77. The number of methoxy groups -OCH3 is 2. The van der Waals surface area contributed by atoms with Crippen molar-refractivity contribution in [2.24, 2.45) is 5.92 Å². The molecule has 1 aliphatic rings. The lowest BCUT2D eigenvalue weighted by atomic mass is 10.0. The first-order valence-corrected chi connectivity index (χ1v) is 8.44. The van der Waals surface area contributed by atoms with Crippen LogP contribution in [-0.4, -0.2) is 38.6 Å². The number of hydrogen-bond acceptors (Lipinski definition) is 7. The normalized spacial score (nSPS) is 22.6. The second kappa shape index (κ2) is 8.42. The Balaban J connectivity index is 2.25. The fraction of sp³-hybridized carbons (Fsp3) is 0.625. The lowest BCUT2D eigenvalue weighted by Gasteiger charge is -2.32. The van der Waals surface area contributed by atoms with Crippen molar-refractivity contribution >= 4 is 23.3 Å². The van der Waals surface area contributed by atoms with E-state index in [1.54, 1.807) is 0 Å². The van der Waals surface area contributed by atoms with Crippen molar-refractivity contribution < 1.29 is 28.5 Å². The van der Waals surface area contributed by atoms with Crippen LogP contribution >= 0.6 is 11.3 Å². The second-order valence-electron chi connectivity index (χ2n) is 5.40. The number of carbonyl (C=O) groups is 2. The van der Waals surface area contributed by atoms with Crippen molar-refractivity contribution in [2.75, 3.05) is 14.2 Å². The molecule has 0 aliphatic carbocycles. The van der Waals surface area contributed by atoms with E-state index in [1.165, 1.54) is 25.6 Å². The maximum atomic E-state index is 12.1. The van der Waals surface area contributed by atoms with Crippen LogP contribution in [0, 0.1) is 5.92 Å². The molecule has 6 nitrogen and oxygen atoms in total. The molecular weight excluding hydrogens is 320 g/mol. The van der Waals surface area contributed by atoms with E-state index in [2.05, 4.69) is 0 Å². The van der Waals surface area contributed by atoms with Gasteiger partial charge in [-0.1, -0.05) is 6.07 Å². The molecule has 0 radical (unpaired) electrons. The third-order valence-corrected chi connectivity index (χ3v) is 4.70. The van der Waals surface area contributed by atoms with Gasteiger partial charge in [0, 0.05) is 4.88 Å². The molecule has 23 heavy (non-hydrogen) atoms. The number of hydrogen-bond donors (Lipinski definition) is 0. The van der Waals surface area contributed by atoms with Crippen molar-refractivity contribution in [1.82, 2.24) is 0 Å². The monoisotopic (exact) mass is 342 g/mol. The van der Waals surface area contributed by atoms with Gasteiger partial charge in [-0.05, 0) is 37.6 Å². The van der Waals surface area contributed by atoms with Gasteiger partial charge in [0.1, 0.15) is 6.10 Å². The molecule has 1 unspecified atom stereocenters. The Morgan fingerprint density at radius 1 is 1.26 bits per heavy atom. The second-order valence-corrected chi connectivity index (χ2v) is 6.38. The molecule has 3 atom stereocenters. The van der Waals surface area contributed by atoms with Gasteiger partial charge < -0.3 is 18.9 Å². The summed E-state index contributed by atoms with van der Waals surface area (Å²) in [6, 6.07) is 3.66.